The van der Waals surface area contributed by atoms with Crippen LogP contribution in [0.3, 0.4) is 0 Å². The molecule has 2 N–H and O–H groups in total. The highest BCUT2D eigenvalue weighted by Gasteiger charge is 2.30. The topological polar surface area (TPSA) is 90.9 Å². The molecule has 0 aliphatic carbocycles. The van der Waals surface area contributed by atoms with E-state index >= 15 is 0 Å². The third-order valence-corrected chi connectivity index (χ3v) is 7.20. The number of benzene rings is 3. The third kappa shape index (κ3) is 3.66. The molecule has 29 heavy (non-hydrogen) atoms. The van der Waals surface area contributed by atoms with Crippen molar-refractivity contribution in [2.75, 3.05) is 5.73 Å². The van der Waals surface area contributed by atoms with E-state index < -0.39 is 9.84 Å². The summed E-state index contributed by atoms with van der Waals surface area (Å²) < 4.78 is 28.8. The Labute approximate surface area is 181 Å². The van der Waals surface area contributed by atoms with Gasteiger partial charge in [-0.1, -0.05) is 41.1 Å². The van der Waals surface area contributed by atoms with Crippen LogP contribution in [0.25, 0.3) is 16.9 Å². The van der Waals surface area contributed by atoms with Crippen LogP contribution in [0.2, 0.25) is 5.02 Å². The second kappa shape index (κ2) is 7.62. The summed E-state index contributed by atoms with van der Waals surface area (Å²) in [5.41, 5.74) is 7.94. The zero-order valence-corrected chi connectivity index (χ0v) is 18.0. The minimum atomic E-state index is -3.95. The van der Waals surface area contributed by atoms with Gasteiger partial charge in [0.15, 0.2) is 0 Å². The number of hydrogen-bond donors (Lipinski definition) is 1. The summed E-state index contributed by atoms with van der Waals surface area (Å²) in [6, 6.07) is 20.3. The molecule has 0 amide bonds. The summed E-state index contributed by atoms with van der Waals surface area (Å²) in [4.78, 5) is 0.111. The van der Waals surface area contributed by atoms with Gasteiger partial charge in [0.25, 0.3) is 0 Å². The molecule has 0 fully saturated rings. The molecule has 3 aromatic carbocycles. The largest absolute Gasteiger partial charge is 0.399 e. The Morgan fingerprint density at radius 3 is 2.24 bits per heavy atom. The quantitative estimate of drug-likeness (QED) is 0.417. The Morgan fingerprint density at radius 1 is 0.931 bits per heavy atom. The summed E-state index contributed by atoms with van der Waals surface area (Å²) in [7, 11) is -3.95. The highest BCUT2D eigenvalue weighted by atomic mass is 79.9. The summed E-state index contributed by atoms with van der Waals surface area (Å²) in [5, 5.41) is 8.57. The van der Waals surface area contributed by atoms with Gasteiger partial charge < -0.3 is 5.73 Å². The molecule has 0 atom stereocenters. The standard InChI is InChI=1S/C20H14BrClN4O2S/c21-17-3-1-2-4-18(17)29(27,28)20-19(13-5-7-14(22)8-6-13)26(25-24-20)16-11-9-15(23)10-12-16/h1-12H,23H2. The lowest BCUT2D eigenvalue weighted by atomic mass is 10.1. The minimum Gasteiger partial charge on any atom is -0.399 e. The molecule has 0 saturated carbocycles. The van der Waals surface area contributed by atoms with E-state index in [4.69, 9.17) is 17.3 Å². The van der Waals surface area contributed by atoms with Crippen LogP contribution in [0.1, 0.15) is 0 Å². The Kier molecular flexibility index (Phi) is 5.16. The monoisotopic (exact) mass is 488 g/mol. The Bertz CT molecular complexity index is 1290. The fourth-order valence-electron chi connectivity index (χ4n) is 2.87. The van der Waals surface area contributed by atoms with Gasteiger partial charge in [-0.05, 0) is 64.5 Å². The van der Waals surface area contributed by atoms with Crippen LogP contribution in [0.5, 0.6) is 0 Å². The van der Waals surface area contributed by atoms with Crippen molar-refractivity contribution in [1.29, 1.82) is 0 Å². The first-order valence-electron chi connectivity index (χ1n) is 8.45. The average molecular weight is 490 g/mol. The Hall–Kier alpha value is -2.68. The zero-order chi connectivity index (χ0) is 20.6. The number of aromatic nitrogens is 3. The molecule has 4 rings (SSSR count). The zero-order valence-electron chi connectivity index (χ0n) is 14.8. The predicted molar refractivity (Wildman–Crippen MR) is 116 cm³/mol. The maximum atomic E-state index is 13.4. The maximum Gasteiger partial charge on any atom is 0.229 e. The van der Waals surface area contributed by atoms with Crippen molar-refractivity contribution in [3.8, 4) is 16.9 Å². The van der Waals surface area contributed by atoms with E-state index in [1.807, 2.05) is 0 Å². The lowest BCUT2D eigenvalue weighted by molar-refractivity contribution is 0.591. The van der Waals surface area contributed by atoms with Gasteiger partial charge in [-0.2, -0.15) is 0 Å². The minimum absolute atomic E-state index is 0.111. The van der Waals surface area contributed by atoms with E-state index in [2.05, 4.69) is 26.2 Å². The number of halogens is 2. The molecule has 1 aromatic heterocycles. The lowest BCUT2D eigenvalue weighted by Crippen LogP contribution is -2.06. The SMILES string of the molecule is Nc1ccc(-n2nnc(S(=O)(=O)c3ccccc3Br)c2-c2ccc(Cl)cc2)cc1. The van der Waals surface area contributed by atoms with E-state index in [0.717, 1.165) is 0 Å². The average Bonchev–Trinajstić information content (AvgIpc) is 3.15. The molecule has 9 heteroatoms. The molecular formula is C20H14BrClN4O2S. The molecule has 0 bridgehead atoms. The first-order chi connectivity index (χ1) is 13.9. The third-order valence-electron chi connectivity index (χ3n) is 4.28. The van der Waals surface area contributed by atoms with Crippen molar-refractivity contribution < 1.29 is 8.42 Å². The summed E-state index contributed by atoms with van der Waals surface area (Å²) >= 11 is 9.33. The van der Waals surface area contributed by atoms with Crippen LogP contribution in [0.15, 0.2) is 87.2 Å². The first kappa shape index (κ1) is 19.6. The molecule has 0 radical (unpaired) electrons. The fraction of sp³-hybridized carbons (Fsp3) is 0. The van der Waals surface area contributed by atoms with Gasteiger partial charge in [0, 0.05) is 20.7 Å². The van der Waals surface area contributed by atoms with Crippen LogP contribution < -0.4 is 5.73 Å². The van der Waals surface area contributed by atoms with E-state index in [1.54, 1.807) is 66.7 Å². The van der Waals surface area contributed by atoms with Crippen molar-refractivity contribution >= 4 is 43.1 Å². The summed E-state index contributed by atoms with van der Waals surface area (Å²) in [6.45, 7) is 0. The van der Waals surface area contributed by atoms with Crippen LogP contribution in [-0.2, 0) is 9.84 Å². The summed E-state index contributed by atoms with van der Waals surface area (Å²) in [6.07, 6.45) is 0. The predicted octanol–water partition coefficient (Wildman–Crippen LogP) is 4.77. The molecule has 0 spiro atoms. The molecule has 146 valence electrons. The number of nitrogens with two attached hydrogens (primary N) is 1. The summed E-state index contributed by atoms with van der Waals surface area (Å²) in [5.74, 6) is 0. The number of sulfone groups is 1. The smallest absolute Gasteiger partial charge is 0.229 e. The van der Waals surface area contributed by atoms with E-state index in [-0.39, 0.29) is 9.92 Å². The molecule has 0 aliphatic heterocycles. The lowest BCUT2D eigenvalue weighted by Gasteiger charge is -2.10. The van der Waals surface area contributed by atoms with E-state index in [9.17, 15) is 8.42 Å². The highest BCUT2D eigenvalue weighted by Crippen LogP contribution is 2.34. The van der Waals surface area contributed by atoms with Crippen LogP contribution >= 0.6 is 27.5 Å². The molecule has 0 unspecified atom stereocenters. The van der Waals surface area contributed by atoms with Gasteiger partial charge in [-0.15, -0.1) is 5.10 Å². The fourth-order valence-corrected chi connectivity index (χ4v) is 5.31. The molecule has 4 aromatic rings. The molecule has 1 heterocycles. The van der Waals surface area contributed by atoms with Gasteiger partial charge in [-0.25, -0.2) is 13.1 Å². The number of nitrogen functional groups attached to an aromatic ring is 1. The number of nitrogens with zero attached hydrogens (tertiary/aromatic N) is 3. The number of hydrogen-bond acceptors (Lipinski definition) is 5. The highest BCUT2D eigenvalue weighted by molar-refractivity contribution is 9.10. The maximum absolute atomic E-state index is 13.4. The Balaban J connectivity index is 1.99. The Morgan fingerprint density at radius 2 is 1.59 bits per heavy atom. The van der Waals surface area contributed by atoms with Crippen molar-refractivity contribution in [3.05, 3.63) is 82.3 Å². The molecule has 0 saturated heterocycles. The van der Waals surface area contributed by atoms with Crippen LogP contribution in [0, 0.1) is 0 Å². The van der Waals surface area contributed by atoms with Gasteiger partial charge in [0.2, 0.25) is 14.9 Å². The van der Waals surface area contributed by atoms with E-state index in [0.29, 0.717) is 32.1 Å². The second-order valence-corrected chi connectivity index (χ2v) is 9.31. The number of anilines is 1. The van der Waals surface area contributed by atoms with Crippen molar-refractivity contribution in [2.45, 2.75) is 9.92 Å². The number of rotatable bonds is 4. The van der Waals surface area contributed by atoms with Crippen molar-refractivity contribution in [1.82, 2.24) is 15.0 Å². The second-order valence-electron chi connectivity index (χ2n) is 6.19. The first-order valence-corrected chi connectivity index (χ1v) is 11.1. The van der Waals surface area contributed by atoms with E-state index in [1.165, 1.54) is 10.7 Å². The van der Waals surface area contributed by atoms with Crippen LogP contribution in [0.4, 0.5) is 5.69 Å². The molecule has 6 nitrogen and oxygen atoms in total. The van der Waals surface area contributed by atoms with Crippen LogP contribution in [-0.4, -0.2) is 23.4 Å². The van der Waals surface area contributed by atoms with Crippen molar-refractivity contribution in [3.63, 3.8) is 0 Å². The normalized spacial score (nSPS) is 11.5. The molecular weight excluding hydrogens is 476 g/mol. The van der Waals surface area contributed by atoms with Gasteiger partial charge >= 0.3 is 0 Å². The molecule has 0 aliphatic rings. The van der Waals surface area contributed by atoms with Gasteiger partial charge in [0.1, 0.15) is 5.69 Å². The van der Waals surface area contributed by atoms with Gasteiger partial charge in [-0.3, -0.25) is 0 Å². The van der Waals surface area contributed by atoms with Crippen molar-refractivity contribution in [2.24, 2.45) is 0 Å². The van der Waals surface area contributed by atoms with Gasteiger partial charge in [0.05, 0.1) is 10.6 Å².